The zero-order valence-electron chi connectivity index (χ0n) is 14.8. The Labute approximate surface area is 149 Å². The normalized spacial score (nSPS) is 17.8. The summed E-state index contributed by atoms with van der Waals surface area (Å²) in [7, 11) is 1.98. The van der Waals surface area contributed by atoms with Crippen LogP contribution in [0.4, 0.5) is 0 Å². The zero-order chi connectivity index (χ0) is 18.3. The molecule has 1 aliphatic heterocycles. The molecule has 1 saturated heterocycles. The van der Waals surface area contributed by atoms with E-state index in [1.165, 1.54) is 10.6 Å². The summed E-state index contributed by atoms with van der Waals surface area (Å²) in [5, 5.41) is 2.88. The molecule has 0 bridgehead atoms. The molecule has 136 valence electrons. The molecule has 4 rings (SSSR count). The van der Waals surface area contributed by atoms with E-state index >= 15 is 0 Å². The minimum absolute atomic E-state index is 0.00673. The Morgan fingerprint density at radius 2 is 2.23 bits per heavy atom. The summed E-state index contributed by atoms with van der Waals surface area (Å²) in [6, 6.07) is 1.43. The van der Waals surface area contributed by atoms with Crippen molar-refractivity contribution in [3.8, 4) is 0 Å². The van der Waals surface area contributed by atoms with Gasteiger partial charge in [-0.1, -0.05) is 0 Å². The van der Waals surface area contributed by atoms with E-state index in [0.29, 0.717) is 23.8 Å². The SMILES string of the molecule is Cc1cc(=O)n2[nH]c(CC(=O)N3CCC[C@@H](c4nccn4C)C3)nc2n1. The van der Waals surface area contributed by atoms with Crippen LogP contribution in [0.5, 0.6) is 0 Å². The second-order valence-electron chi connectivity index (χ2n) is 6.79. The molecule has 9 nitrogen and oxygen atoms in total. The molecule has 3 aromatic heterocycles. The van der Waals surface area contributed by atoms with Crippen LogP contribution >= 0.6 is 0 Å². The molecule has 1 fully saturated rings. The molecule has 0 radical (unpaired) electrons. The molecule has 0 aliphatic carbocycles. The number of aromatic amines is 1. The summed E-state index contributed by atoms with van der Waals surface area (Å²) in [6.45, 7) is 3.13. The predicted molar refractivity (Wildman–Crippen MR) is 93.8 cm³/mol. The van der Waals surface area contributed by atoms with Crippen molar-refractivity contribution in [2.24, 2.45) is 7.05 Å². The van der Waals surface area contributed by atoms with Crippen LogP contribution in [0, 0.1) is 6.92 Å². The van der Waals surface area contributed by atoms with Crippen molar-refractivity contribution < 1.29 is 4.79 Å². The van der Waals surface area contributed by atoms with Gasteiger partial charge >= 0.3 is 0 Å². The Bertz CT molecular complexity index is 1020. The van der Waals surface area contributed by atoms with Crippen molar-refractivity contribution in [1.82, 2.24) is 34.0 Å². The van der Waals surface area contributed by atoms with Gasteiger partial charge in [-0.3, -0.25) is 14.7 Å². The number of likely N-dealkylation sites (tertiary alicyclic amines) is 1. The predicted octanol–water partition coefficient (Wildman–Crippen LogP) is 0.408. The number of aryl methyl sites for hydroxylation is 2. The van der Waals surface area contributed by atoms with Crippen molar-refractivity contribution in [2.45, 2.75) is 32.1 Å². The van der Waals surface area contributed by atoms with E-state index in [2.05, 4.69) is 20.1 Å². The molecule has 0 spiro atoms. The molecule has 0 unspecified atom stereocenters. The minimum Gasteiger partial charge on any atom is -0.342 e. The van der Waals surface area contributed by atoms with Gasteiger partial charge in [0, 0.05) is 50.2 Å². The summed E-state index contributed by atoms with van der Waals surface area (Å²) in [5.41, 5.74) is 0.375. The first kappa shape index (κ1) is 16.5. The molecule has 3 aromatic rings. The number of nitrogens with zero attached hydrogens (tertiary/aromatic N) is 6. The van der Waals surface area contributed by atoms with Crippen molar-refractivity contribution in [3.05, 3.63) is 46.2 Å². The first-order valence-electron chi connectivity index (χ1n) is 8.71. The highest BCUT2D eigenvalue weighted by Crippen LogP contribution is 2.25. The summed E-state index contributed by atoms with van der Waals surface area (Å²) in [5.74, 6) is 1.99. The van der Waals surface area contributed by atoms with E-state index in [9.17, 15) is 9.59 Å². The number of hydrogen-bond acceptors (Lipinski definition) is 5. The number of hydrogen-bond donors (Lipinski definition) is 1. The van der Waals surface area contributed by atoms with E-state index in [4.69, 9.17) is 0 Å². The topological polar surface area (TPSA) is 101 Å². The Balaban J connectivity index is 1.50. The van der Waals surface area contributed by atoms with Gasteiger partial charge in [0.1, 0.15) is 11.6 Å². The fraction of sp³-hybridized carbons (Fsp3) is 0.471. The molecule has 1 aliphatic rings. The quantitative estimate of drug-likeness (QED) is 0.733. The monoisotopic (exact) mass is 355 g/mol. The Morgan fingerprint density at radius 1 is 1.38 bits per heavy atom. The van der Waals surface area contributed by atoms with Crippen LogP contribution in [-0.4, -0.2) is 53.0 Å². The Kier molecular flexibility index (Phi) is 4.06. The van der Waals surface area contributed by atoms with Crippen molar-refractivity contribution in [1.29, 1.82) is 0 Å². The van der Waals surface area contributed by atoms with Gasteiger partial charge in [0.2, 0.25) is 5.91 Å². The Hall–Kier alpha value is -2.97. The lowest BCUT2D eigenvalue weighted by atomic mass is 9.97. The number of rotatable bonds is 3. The Morgan fingerprint density at radius 3 is 3.00 bits per heavy atom. The second-order valence-corrected chi connectivity index (χ2v) is 6.79. The molecule has 26 heavy (non-hydrogen) atoms. The van der Waals surface area contributed by atoms with E-state index in [-0.39, 0.29) is 23.8 Å². The first-order valence-corrected chi connectivity index (χ1v) is 8.71. The molecule has 1 atom stereocenters. The number of fused-ring (bicyclic) bond motifs is 1. The average Bonchev–Trinajstić information content (AvgIpc) is 3.21. The van der Waals surface area contributed by atoms with Crippen LogP contribution in [-0.2, 0) is 18.3 Å². The molecule has 4 heterocycles. The zero-order valence-corrected chi connectivity index (χ0v) is 14.8. The highest BCUT2D eigenvalue weighted by molar-refractivity contribution is 5.78. The number of amides is 1. The van der Waals surface area contributed by atoms with E-state index in [0.717, 1.165) is 25.2 Å². The number of piperidine rings is 1. The van der Waals surface area contributed by atoms with Crippen LogP contribution in [0.3, 0.4) is 0 Å². The maximum atomic E-state index is 12.7. The number of carbonyl (C=O) groups is 1. The van der Waals surface area contributed by atoms with Gasteiger partial charge in [0.25, 0.3) is 11.3 Å². The summed E-state index contributed by atoms with van der Waals surface area (Å²) < 4.78 is 3.28. The van der Waals surface area contributed by atoms with Crippen LogP contribution in [0.15, 0.2) is 23.3 Å². The third kappa shape index (κ3) is 3.00. The number of nitrogens with one attached hydrogen (secondary N) is 1. The van der Waals surface area contributed by atoms with Crippen molar-refractivity contribution in [2.75, 3.05) is 13.1 Å². The van der Waals surface area contributed by atoms with E-state index in [1.54, 1.807) is 13.1 Å². The number of aromatic nitrogens is 6. The van der Waals surface area contributed by atoms with E-state index in [1.807, 2.05) is 22.7 Å². The van der Waals surface area contributed by atoms with Gasteiger partial charge in [-0.25, -0.2) is 9.97 Å². The van der Waals surface area contributed by atoms with Gasteiger partial charge in [0.15, 0.2) is 0 Å². The van der Waals surface area contributed by atoms with Crippen LogP contribution in [0.2, 0.25) is 0 Å². The third-order valence-electron chi connectivity index (χ3n) is 4.82. The number of carbonyl (C=O) groups excluding carboxylic acids is 1. The number of H-pyrrole nitrogens is 1. The van der Waals surface area contributed by atoms with Crippen molar-refractivity contribution >= 4 is 11.7 Å². The van der Waals surface area contributed by atoms with Crippen LogP contribution in [0.25, 0.3) is 5.78 Å². The lowest BCUT2D eigenvalue weighted by molar-refractivity contribution is -0.131. The highest BCUT2D eigenvalue weighted by Gasteiger charge is 2.27. The maximum Gasteiger partial charge on any atom is 0.274 e. The van der Waals surface area contributed by atoms with Gasteiger partial charge in [-0.05, 0) is 19.8 Å². The summed E-state index contributed by atoms with van der Waals surface area (Å²) in [6.07, 6.45) is 5.81. The van der Waals surface area contributed by atoms with Gasteiger partial charge in [0.05, 0.1) is 6.42 Å². The fourth-order valence-electron chi connectivity index (χ4n) is 3.56. The molecule has 0 aromatic carbocycles. The molecular formula is C17H21N7O2. The molecule has 1 N–H and O–H groups in total. The van der Waals surface area contributed by atoms with Crippen molar-refractivity contribution in [3.63, 3.8) is 0 Å². The van der Waals surface area contributed by atoms with Gasteiger partial charge < -0.3 is 9.47 Å². The fourth-order valence-corrected chi connectivity index (χ4v) is 3.56. The second kappa shape index (κ2) is 6.40. The molecular weight excluding hydrogens is 334 g/mol. The summed E-state index contributed by atoms with van der Waals surface area (Å²) >= 11 is 0. The smallest absolute Gasteiger partial charge is 0.274 e. The van der Waals surface area contributed by atoms with Crippen LogP contribution < -0.4 is 5.56 Å². The van der Waals surface area contributed by atoms with E-state index < -0.39 is 0 Å². The third-order valence-corrected chi connectivity index (χ3v) is 4.82. The first-order chi connectivity index (χ1) is 12.5. The maximum absolute atomic E-state index is 12.7. The minimum atomic E-state index is -0.230. The average molecular weight is 355 g/mol. The highest BCUT2D eigenvalue weighted by atomic mass is 16.2. The van der Waals surface area contributed by atoms with Gasteiger partial charge in [-0.2, -0.15) is 9.50 Å². The molecule has 0 saturated carbocycles. The van der Waals surface area contributed by atoms with Crippen LogP contribution in [0.1, 0.15) is 36.1 Å². The lowest BCUT2D eigenvalue weighted by Gasteiger charge is -2.32. The largest absolute Gasteiger partial charge is 0.342 e. The number of imidazole rings is 1. The molecule has 9 heteroatoms. The lowest BCUT2D eigenvalue weighted by Crippen LogP contribution is -2.40. The standard InChI is InChI=1S/C17H21N7O2/c1-11-8-15(26)24-17(19-11)20-13(21-24)9-14(25)23-6-3-4-12(10-23)16-18-5-7-22(16)2/h5,7-8,12H,3-4,6,9-10H2,1-2H3,(H,19,20,21)/t12-/m1/s1. The van der Waals surface area contributed by atoms with Gasteiger partial charge in [-0.15, -0.1) is 0 Å². The summed E-state index contributed by atoms with van der Waals surface area (Å²) in [4.78, 5) is 39.5. The molecule has 1 amide bonds.